The first-order valence-corrected chi connectivity index (χ1v) is 13.3. The highest BCUT2D eigenvalue weighted by atomic mass is 35.5. The fourth-order valence-corrected chi connectivity index (χ4v) is 4.77. The Kier molecular flexibility index (Phi) is 8.18. The highest BCUT2D eigenvalue weighted by Crippen LogP contribution is 2.28. The van der Waals surface area contributed by atoms with E-state index in [0.29, 0.717) is 71.0 Å². The van der Waals surface area contributed by atoms with Gasteiger partial charge >= 0.3 is 0 Å². The topological polar surface area (TPSA) is 76.3 Å². The van der Waals surface area contributed by atoms with Crippen LogP contribution in [0.3, 0.4) is 0 Å². The molecule has 1 saturated heterocycles. The fraction of sp³-hybridized carbons (Fsp3) is 0.231. The molecule has 1 aliphatic rings. The summed E-state index contributed by atoms with van der Waals surface area (Å²) in [5, 5.41) is 10.8. The van der Waals surface area contributed by atoms with Crippen LogP contribution >= 0.6 is 46.4 Å². The molecule has 5 rings (SSSR count). The molecule has 196 valence electrons. The van der Waals surface area contributed by atoms with Crippen molar-refractivity contribution >= 4 is 46.4 Å². The van der Waals surface area contributed by atoms with Gasteiger partial charge in [-0.25, -0.2) is 9.36 Å². The molecule has 38 heavy (non-hydrogen) atoms. The Bertz CT molecular complexity index is 1480. The van der Waals surface area contributed by atoms with E-state index in [9.17, 15) is 9.59 Å². The average molecular weight is 592 g/mol. The molecule has 8 nitrogen and oxygen atoms in total. The van der Waals surface area contributed by atoms with E-state index in [1.165, 1.54) is 21.5 Å². The molecule has 0 spiro atoms. The summed E-state index contributed by atoms with van der Waals surface area (Å²) in [5.41, 5.74) is 2.44. The van der Waals surface area contributed by atoms with Gasteiger partial charge in [-0.3, -0.25) is 19.4 Å². The van der Waals surface area contributed by atoms with Crippen molar-refractivity contribution in [1.29, 1.82) is 0 Å². The van der Waals surface area contributed by atoms with Crippen molar-refractivity contribution in [2.45, 2.75) is 13.3 Å². The summed E-state index contributed by atoms with van der Waals surface area (Å²) in [6.45, 7) is 3.51. The van der Waals surface area contributed by atoms with E-state index in [0.717, 1.165) is 11.1 Å². The first kappa shape index (κ1) is 26.9. The molecule has 0 radical (unpaired) electrons. The zero-order valence-electron chi connectivity index (χ0n) is 20.0. The van der Waals surface area contributed by atoms with Crippen molar-refractivity contribution in [3.63, 3.8) is 0 Å². The lowest BCUT2D eigenvalue weighted by Gasteiger charge is -2.34. The van der Waals surface area contributed by atoms with Crippen molar-refractivity contribution in [2.75, 3.05) is 26.2 Å². The minimum atomic E-state index is -0.189. The van der Waals surface area contributed by atoms with Crippen molar-refractivity contribution in [2.24, 2.45) is 0 Å². The van der Waals surface area contributed by atoms with Gasteiger partial charge in [0.1, 0.15) is 0 Å². The Hall–Kier alpha value is -2.72. The van der Waals surface area contributed by atoms with Crippen LogP contribution in [0, 0.1) is 0 Å². The zero-order chi connectivity index (χ0) is 26.8. The third-order valence-corrected chi connectivity index (χ3v) is 7.77. The first-order valence-electron chi connectivity index (χ1n) is 11.8. The standard InChI is InChI=1S/C26H22Cl4N6O2/c27-19-3-1-17(13-21(19)29)23-5-7-25(37)35(31-23)15-33-9-11-34(12-10-33)16-36-26(38)8-6-24(32-36)18-2-4-20(28)22(30)14-18/h1-8,13-14H,9-12,15-16H2. The minimum absolute atomic E-state index is 0.189. The molecular weight excluding hydrogens is 570 g/mol. The Labute approximate surface area is 238 Å². The molecule has 0 saturated carbocycles. The van der Waals surface area contributed by atoms with Gasteiger partial charge in [0, 0.05) is 49.4 Å². The summed E-state index contributed by atoms with van der Waals surface area (Å²) in [5.74, 6) is 0. The minimum Gasteiger partial charge on any atom is -0.282 e. The van der Waals surface area contributed by atoms with Gasteiger partial charge in [0.2, 0.25) is 0 Å². The summed E-state index contributed by atoms with van der Waals surface area (Å²) in [4.78, 5) is 29.3. The number of hydrogen-bond donors (Lipinski definition) is 0. The predicted molar refractivity (Wildman–Crippen MR) is 151 cm³/mol. The van der Waals surface area contributed by atoms with Crippen LogP contribution < -0.4 is 11.1 Å². The first-order chi connectivity index (χ1) is 18.3. The lowest BCUT2D eigenvalue weighted by atomic mass is 10.1. The smallest absolute Gasteiger partial charge is 0.268 e. The molecule has 0 atom stereocenters. The molecule has 0 N–H and O–H groups in total. The predicted octanol–water partition coefficient (Wildman–Crippen LogP) is 4.98. The Morgan fingerprint density at radius 3 is 1.32 bits per heavy atom. The zero-order valence-corrected chi connectivity index (χ0v) is 23.1. The molecule has 2 aromatic heterocycles. The summed E-state index contributed by atoms with van der Waals surface area (Å²) in [6, 6.07) is 16.8. The molecule has 0 bridgehead atoms. The van der Waals surface area contributed by atoms with E-state index in [2.05, 4.69) is 20.0 Å². The molecule has 0 unspecified atom stereocenters. The third kappa shape index (κ3) is 6.12. The number of hydrogen-bond acceptors (Lipinski definition) is 6. The van der Waals surface area contributed by atoms with Gasteiger partial charge in [-0.2, -0.15) is 10.2 Å². The summed E-state index contributed by atoms with van der Waals surface area (Å²) >= 11 is 24.3. The van der Waals surface area contributed by atoms with Gasteiger partial charge in [0.05, 0.1) is 44.8 Å². The monoisotopic (exact) mass is 590 g/mol. The van der Waals surface area contributed by atoms with Crippen molar-refractivity contribution in [3.05, 3.63) is 101 Å². The number of rotatable bonds is 6. The highest BCUT2D eigenvalue weighted by molar-refractivity contribution is 6.42. The molecule has 12 heteroatoms. The lowest BCUT2D eigenvalue weighted by molar-refractivity contribution is 0.0778. The van der Waals surface area contributed by atoms with Crippen LogP contribution in [0.5, 0.6) is 0 Å². The maximum atomic E-state index is 12.5. The number of nitrogens with zero attached hydrogens (tertiary/aromatic N) is 6. The number of aromatic nitrogens is 4. The molecular formula is C26H22Cl4N6O2. The van der Waals surface area contributed by atoms with E-state index >= 15 is 0 Å². The molecule has 0 aliphatic carbocycles. The van der Waals surface area contributed by atoms with E-state index in [-0.39, 0.29) is 11.1 Å². The molecule has 0 amide bonds. The number of benzene rings is 2. The van der Waals surface area contributed by atoms with Crippen LogP contribution in [-0.2, 0) is 13.3 Å². The molecule has 4 aromatic rings. The van der Waals surface area contributed by atoms with Crippen LogP contribution in [0.1, 0.15) is 0 Å². The van der Waals surface area contributed by atoms with Crippen molar-refractivity contribution in [3.8, 4) is 22.5 Å². The normalized spacial score (nSPS) is 14.6. The Morgan fingerprint density at radius 1 is 0.553 bits per heavy atom. The quantitative estimate of drug-likeness (QED) is 0.315. The third-order valence-electron chi connectivity index (χ3n) is 6.30. The van der Waals surface area contributed by atoms with Crippen LogP contribution in [0.4, 0.5) is 0 Å². The number of halogens is 4. The largest absolute Gasteiger partial charge is 0.282 e. The van der Waals surface area contributed by atoms with E-state index in [4.69, 9.17) is 46.4 Å². The van der Waals surface area contributed by atoms with Crippen LogP contribution in [0.15, 0.2) is 70.3 Å². The summed E-state index contributed by atoms with van der Waals surface area (Å²) in [6.07, 6.45) is 0. The second-order valence-corrected chi connectivity index (χ2v) is 10.5. The van der Waals surface area contributed by atoms with Gasteiger partial charge < -0.3 is 0 Å². The van der Waals surface area contributed by atoms with Crippen molar-refractivity contribution < 1.29 is 0 Å². The second-order valence-electron chi connectivity index (χ2n) is 8.89. The maximum absolute atomic E-state index is 12.5. The highest BCUT2D eigenvalue weighted by Gasteiger charge is 2.19. The Balaban J connectivity index is 1.24. The summed E-state index contributed by atoms with van der Waals surface area (Å²) in [7, 11) is 0. The SMILES string of the molecule is O=c1ccc(-c2ccc(Cl)c(Cl)c2)nn1CN1CCN(Cn2nc(-c3ccc(Cl)c(Cl)c3)ccc2=O)CC1. The molecule has 3 heterocycles. The summed E-state index contributed by atoms with van der Waals surface area (Å²) < 4.78 is 2.89. The molecule has 1 aliphatic heterocycles. The average Bonchev–Trinajstić information content (AvgIpc) is 2.91. The number of piperazine rings is 1. The van der Waals surface area contributed by atoms with Crippen LogP contribution in [0.25, 0.3) is 22.5 Å². The van der Waals surface area contributed by atoms with Gasteiger partial charge in [-0.1, -0.05) is 58.5 Å². The van der Waals surface area contributed by atoms with Crippen LogP contribution in [0.2, 0.25) is 20.1 Å². The van der Waals surface area contributed by atoms with Gasteiger partial charge in [0.15, 0.2) is 0 Å². The van der Waals surface area contributed by atoms with Crippen LogP contribution in [-0.4, -0.2) is 55.5 Å². The van der Waals surface area contributed by atoms with Gasteiger partial charge in [0.25, 0.3) is 11.1 Å². The Morgan fingerprint density at radius 2 is 0.947 bits per heavy atom. The maximum Gasteiger partial charge on any atom is 0.268 e. The van der Waals surface area contributed by atoms with Gasteiger partial charge in [-0.15, -0.1) is 0 Å². The van der Waals surface area contributed by atoms with Gasteiger partial charge in [-0.05, 0) is 36.4 Å². The van der Waals surface area contributed by atoms with Crippen molar-refractivity contribution in [1.82, 2.24) is 29.4 Å². The molecule has 1 fully saturated rings. The van der Waals surface area contributed by atoms with E-state index in [1.807, 2.05) is 12.1 Å². The fourth-order valence-electron chi connectivity index (χ4n) is 4.17. The lowest BCUT2D eigenvalue weighted by Crippen LogP contribution is -2.49. The van der Waals surface area contributed by atoms with E-state index in [1.54, 1.807) is 36.4 Å². The second kappa shape index (κ2) is 11.6. The molecule has 2 aromatic carbocycles. The van der Waals surface area contributed by atoms with E-state index < -0.39 is 0 Å².